The molecule has 2 N–H and O–H groups in total. The van der Waals surface area contributed by atoms with Crippen molar-refractivity contribution in [2.24, 2.45) is 0 Å². The lowest BCUT2D eigenvalue weighted by molar-refractivity contribution is 0.0498. The van der Waals surface area contributed by atoms with Gasteiger partial charge in [-0.3, -0.25) is 0 Å². The Morgan fingerprint density at radius 1 is 1.39 bits per heavy atom. The number of rotatable bonds is 7. The fourth-order valence-electron chi connectivity index (χ4n) is 1.39. The van der Waals surface area contributed by atoms with Crippen molar-refractivity contribution in [3.05, 3.63) is 12.2 Å². The molecule has 0 rings (SSSR count). The first-order chi connectivity index (χ1) is 8.39. The van der Waals surface area contributed by atoms with E-state index in [0.717, 1.165) is 12.8 Å². The van der Waals surface area contributed by atoms with Crippen molar-refractivity contribution in [3.8, 4) is 0 Å². The van der Waals surface area contributed by atoms with Crippen LogP contribution in [0.5, 0.6) is 0 Å². The van der Waals surface area contributed by atoms with Crippen LogP contribution in [-0.4, -0.2) is 29.4 Å². The molecule has 106 valence electrons. The summed E-state index contributed by atoms with van der Waals surface area (Å²) in [7, 11) is 0. The van der Waals surface area contributed by atoms with Gasteiger partial charge in [-0.25, -0.2) is 4.79 Å². The molecule has 1 amide bonds. The Labute approximate surface area is 110 Å². The zero-order valence-electron chi connectivity index (χ0n) is 12.0. The highest BCUT2D eigenvalue weighted by Crippen LogP contribution is 2.07. The summed E-state index contributed by atoms with van der Waals surface area (Å²) in [4.78, 5) is 11.5. The number of ether oxygens (including phenoxy) is 1. The number of nitrogens with one attached hydrogen (secondary N) is 1. The Morgan fingerprint density at radius 3 is 2.56 bits per heavy atom. The second-order valence-electron chi connectivity index (χ2n) is 5.36. The standard InChI is InChI=1S/C14H27NO3/c1-5-6-7-8-9-10-12(11-16)15-13(17)18-14(2,3)4/h9-10,12,16H,5-8,11H2,1-4H3,(H,15,17)/b10-9-/t12-/m0/s1. The molecule has 0 unspecified atom stereocenters. The predicted octanol–water partition coefficient (Wildman–Crippen LogP) is 3.01. The highest BCUT2D eigenvalue weighted by molar-refractivity contribution is 5.68. The van der Waals surface area contributed by atoms with E-state index in [9.17, 15) is 4.79 Å². The predicted molar refractivity (Wildman–Crippen MR) is 73.5 cm³/mol. The van der Waals surface area contributed by atoms with E-state index >= 15 is 0 Å². The molecule has 0 aliphatic heterocycles. The van der Waals surface area contributed by atoms with Gasteiger partial charge in [0.15, 0.2) is 0 Å². The molecule has 0 saturated heterocycles. The van der Waals surface area contributed by atoms with Crippen molar-refractivity contribution in [1.29, 1.82) is 0 Å². The third kappa shape index (κ3) is 10.1. The molecule has 0 aromatic carbocycles. The van der Waals surface area contributed by atoms with E-state index in [4.69, 9.17) is 9.84 Å². The first-order valence-electron chi connectivity index (χ1n) is 6.66. The summed E-state index contributed by atoms with van der Waals surface area (Å²) < 4.78 is 5.12. The Hall–Kier alpha value is -1.03. The Kier molecular flexibility index (Phi) is 8.46. The normalized spacial score (nSPS) is 13.6. The molecule has 4 heteroatoms. The monoisotopic (exact) mass is 257 g/mol. The average molecular weight is 257 g/mol. The number of carbonyl (C=O) groups is 1. The van der Waals surface area contributed by atoms with E-state index in [1.807, 2.05) is 12.2 Å². The van der Waals surface area contributed by atoms with Crippen molar-refractivity contribution in [2.45, 2.75) is 65.0 Å². The highest BCUT2D eigenvalue weighted by atomic mass is 16.6. The van der Waals surface area contributed by atoms with Crippen LogP contribution < -0.4 is 5.32 Å². The molecule has 0 spiro atoms. The molecule has 1 atom stereocenters. The number of allylic oxidation sites excluding steroid dienone is 1. The van der Waals surface area contributed by atoms with Gasteiger partial charge in [-0.15, -0.1) is 0 Å². The molecule has 0 heterocycles. The third-order valence-corrected chi connectivity index (χ3v) is 2.24. The van der Waals surface area contributed by atoms with Crippen LogP contribution in [0.2, 0.25) is 0 Å². The lowest BCUT2D eigenvalue weighted by atomic mass is 10.2. The van der Waals surface area contributed by atoms with E-state index in [1.165, 1.54) is 12.8 Å². The van der Waals surface area contributed by atoms with E-state index in [2.05, 4.69) is 12.2 Å². The van der Waals surface area contributed by atoms with Gasteiger partial charge in [0.2, 0.25) is 0 Å². The molecule has 0 aromatic heterocycles. The van der Waals surface area contributed by atoms with Crippen molar-refractivity contribution < 1.29 is 14.6 Å². The SMILES string of the molecule is CCCCC/C=C\[C@@H](CO)NC(=O)OC(C)(C)C. The smallest absolute Gasteiger partial charge is 0.408 e. The summed E-state index contributed by atoms with van der Waals surface area (Å²) in [5, 5.41) is 11.8. The second-order valence-corrected chi connectivity index (χ2v) is 5.36. The van der Waals surface area contributed by atoms with Crippen LogP contribution in [0.1, 0.15) is 53.4 Å². The number of alkyl carbamates (subject to hydrolysis) is 1. The summed E-state index contributed by atoms with van der Waals surface area (Å²) in [5.41, 5.74) is -0.519. The van der Waals surface area contributed by atoms with Gasteiger partial charge in [0, 0.05) is 0 Å². The minimum absolute atomic E-state index is 0.122. The van der Waals surface area contributed by atoms with Crippen LogP contribution in [-0.2, 0) is 4.74 Å². The number of hydrogen-bond acceptors (Lipinski definition) is 3. The zero-order valence-corrected chi connectivity index (χ0v) is 12.0. The van der Waals surface area contributed by atoms with Gasteiger partial charge >= 0.3 is 6.09 Å². The second kappa shape index (κ2) is 8.97. The fraction of sp³-hybridized carbons (Fsp3) is 0.786. The van der Waals surface area contributed by atoms with Crippen LogP contribution in [0, 0.1) is 0 Å². The molecular weight excluding hydrogens is 230 g/mol. The van der Waals surface area contributed by atoms with Gasteiger partial charge in [0.25, 0.3) is 0 Å². The average Bonchev–Trinajstić information content (AvgIpc) is 2.24. The number of aliphatic hydroxyl groups is 1. The molecule has 4 nitrogen and oxygen atoms in total. The van der Waals surface area contributed by atoms with Crippen LogP contribution in [0.25, 0.3) is 0 Å². The van der Waals surface area contributed by atoms with Gasteiger partial charge in [0.1, 0.15) is 5.60 Å². The maximum atomic E-state index is 11.5. The van der Waals surface area contributed by atoms with Crippen LogP contribution in [0.3, 0.4) is 0 Å². The Morgan fingerprint density at radius 2 is 2.06 bits per heavy atom. The molecule has 0 aliphatic carbocycles. The van der Waals surface area contributed by atoms with E-state index in [1.54, 1.807) is 20.8 Å². The summed E-state index contributed by atoms with van der Waals surface area (Å²) >= 11 is 0. The maximum Gasteiger partial charge on any atom is 0.408 e. The molecule has 0 saturated carbocycles. The Bertz CT molecular complexity index is 256. The van der Waals surface area contributed by atoms with Crippen LogP contribution in [0.15, 0.2) is 12.2 Å². The maximum absolute atomic E-state index is 11.5. The van der Waals surface area contributed by atoms with Gasteiger partial charge in [0.05, 0.1) is 12.6 Å². The molecule has 0 aliphatic rings. The van der Waals surface area contributed by atoms with Crippen LogP contribution >= 0.6 is 0 Å². The summed E-state index contributed by atoms with van der Waals surface area (Å²) in [5.74, 6) is 0. The fourth-order valence-corrected chi connectivity index (χ4v) is 1.39. The first-order valence-corrected chi connectivity index (χ1v) is 6.66. The van der Waals surface area contributed by atoms with Gasteiger partial charge in [-0.05, 0) is 33.6 Å². The van der Waals surface area contributed by atoms with Crippen molar-refractivity contribution in [3.63, 3.8) is 0 Å². The van der Waals surface area contributed by atoms with Crippen LogP contribution in [0.4, 0.5) is 4.79 Å². The summed E-state index contributed by atoms with van der Waals surface area (Å²) in [6, 6.07) is -0.374. The van der Waals surface area contributed by atoms with Gasteiger partial charge < -0.3 is 15.2 Å². The number of unbranched alkanes of at least 4 members (excludes halogenated alkanes) is 3. The van der Waals surface area contributed by atoms with Crippen molar-refractivity contribution in [2.75, 3.05) is 6.61 Å². The van der Waals surface area contributed by atoms with E-state index in [0.29, 0.717) is 0 Å². The lowest BCUT2D eigenvalue weighted by Gasteiger charge is -2.21. The van der Waals surface area contributed by atoms with Crippen molar-refractivity contribution >= 4 is 6.09 Å². The molecule has 0 bridgehead atoms. The quantitative estimate of drug-likeness (QED) is 0.544. The number of aliphatic hydroxyl groups excluding tert-OH is 1. The first kappa shape index (κ1) is 17.0. The minimum Gasteiger partial charge on any atom is -0.444 e. The molecule has 18 heavy (non-hydrogen) atoms. The summed E-state index contributed by atoms with van der Waals surface area (Å²) in [6.45, 7) is 7.46. The van der Waals surface area contributed by atoms with Gasteiger partial charge in [-0.2, -0.15) is 0 Å². The largest absolute Gasteiger partial charge is 0.444 e. The number of hydrogen-bond donors (Lipinski definition) is 2. The Balaban J connectivity index is 3.99. The van der Waals surface area contributed by atoms with Crippen molar-refractivity contribution in [1.82, 2.24) is 5.32 Å². The molecule has 0 fully saturated rings. The molecular formula is C14H27NO3. The third-order valence-electron chi connectivity index (χ3n) is 2.24. The molecule has 0 aromatic rings. The van der Waals surface area contributed by atoms with E-state index < -0.39 is 11.7 Å². The topological polar surface area (TPSA) is 58.6 Å². The number of amides is 1. The summed E-state index contributed by atoms with van der Waals surface area (Å²) in [6.07, 6.45) is 7.81. The highest BCUT2D eigenvalue weighted by Gasteiger charge is 2.17. The van der Waals surface area contributed by atoms with Gasteiger partial charge in [-0.1, -0.05) is 31.9 Å². The number of carbonyl (C=O) groups excluding carboxylic acids is 1. The lowest BCUT2D eigenvalue weighted by Crippen LogP contribution is -2.39. The molecule has 0 radical (unpaired) electrons. The van der Waals surface area contributed by atoms with E-state index in [-0.39, 0.29) is 12.6 Å². The minimum atomic E-state index is -0.519. The zero-order chi connectivity index (χ0) is 14.0.